The smallest absolute Gasteiger partial charge is 0.139 e. The number of hydrogen-bond donors (Lipinski definition) is 1. The van der Waals surface area contributed by atoms with Gasteiger partial charge in [-0.05, 0) is 74.0 Å². The molecule has 0 amide bonds. The molecular weight excluding hydrogens is 535 g/mol. The van der Waals surface area contributed by atoms with Crippen LogP contribution in [0.25, 0.3) is 0 Å². The van der Waals surface area contributed by atoms with E-state index in [1.165, 1.54) is 56.9 Å². The van der Waals surface area contributed by atoms with Crippen LogP contribution in [-0.2, 0) is 0 Å². The first kappa shape index (κ1) is 31.3. The molecule has 0 saturated heterocycles. The normalized spacial score (nSPS) is 14.9. The topological polar surface area (TPSA) is 38.7 Å². The molecule has 0 spiro atoms. The zero-order valence-corrected chi connectivity index (χ0v) is 25.5. The average molecular weight is 587 g/mol. The van der Waals surface area contributed by atoms with E-state index in [9.17, 15) is 5.11 Å². The van der Waals surface area contributed by atoms with Gasteiger partial charge in [-0.15, -0.1) is 0 Å². The first-order valence-electron chi connectivity index (χ1n) is 13.3. The molecule has 1 N–H and O–H groups in total. The van der Waals surface area contributed by atoms with E-state index in [0.717, 1.165) is 55.9 Å². The quantitative estimate of drug-likeness (QED) is 0.155. The van der Waals surface area contributed by atoms with Crippen LogP contribution >= 0.6 is 22.6 Å². The van der Waals surface area contributed by atoms with E-state index in [0.29, 0.717) is 0 Å². The van der Waals surface area contributed by atoms with Gasteiger partial charge in [0.1, 0.15) is 17.6 Å². The van der Waals surface area contributed by atoms with Crippen LogP contribution in [0.4, 0.5) is 0 Å². The Bertz CT molecular complexity index is 769. The monoisotopic (exact) mass is 586 g/mol. The molecule has 0 saturated carbocycles. The lowest BCUT2D eigenvalue weighted by Gasteiger charge is -2.22. The molecule has 0 aliphatic rings. The number of allylic oxidation sites excluding steroid dienone is 1. The summed E-state index contributed by atoms with van der Waals surface area (Å²) in [7, 11) is 3.35. The van der Waals surface area contributed by atoms with E-state index in [1.54, 1.807) is 14.2 Å². The van der Waals surface area contributed by atoms with Gasteiger partial charge in [0.2, 0.25) is 0 Å². The van der Waals surface area contributed by atoms with Crippen LogP contribution in [0.5, 0.6) is 11.5 Å². The number of aliphatic hydroxyl groups excluding tert-OH is 1. The molecule has 0 fully saturated rings. The lowest BCUT2D eigenvalue weighted by molar-refractivity contribution is 0.219. The van der Waals surface area contributed by atoms with Gasteiger partial charge in [-0.1, -0.05) is 84.3 Å². The van der Waals surface area contributed by atoms with Gasteiger partial charge in [0.15, 0.2) is 0 Å². The van der Waals surface area contributed by atoms with E-state index in [-0.39, 0.29) is 0 Å². The molecule has 34 heavy (non-hydrogen) atoms. The summed E-state index contributed by atoms with van der Waals surface area (Å²) in [6, 6.07) is 0. The van der Waals surface area contributed by atoms with E-state index >= 15 is 0 Å². The zero-order chi connectivity index (χ0) is 25.8. The minimum absolute atomic E-state index is 0.701. The number of benzene rings is 1. The number of halogens is 1. The van der Waals surface area contributed by atoms with Gasteiger partial charge in [0, 0.05) is 16.7 Å². The maximum absolute atomic E-state index is 11.1. The second-order valence-electron chi connectivity index (χ2n) is 10.9. The molecule has 4 heteroatoms. The van der Waals surface area contributed by atoms with Gasteiger partial charge in [-0.25, -0.2) is 0 Å². The molecule has 0 aliphatic heterocycles. The van der Waals surface area contributed by atoms with Crippen LogP contribution < -0.4 is 9.47 Å². The van der Waals surface area contributed by atoms with Gasteiger partial charge < -0.3 is 14.6 Å². The highest BCUT2D eigenvalue weighted by atomic mass is 127. The van der Waals surface area contributed by atoms with Gasteiger partial charge in [0.25, 0.3) is 0 Å². The predicted octanol–water partition coefficient (Wildman–Crippen LogP) is 9.34. The number of aliphatic hydroxyl groups is 1. The number of methoxy groups -OCH3 is 2. The summed E-state index contributed by atoms with van der Waals surface area (Å²) in [5, 5.41) is 11.1. The Balaban J connectivity index is 2.56. The van der Waals surface area contributed by atoms with Gasteiger partial charge in [-0.3, -0.25) is 0 Å². The Labute approximate surface area is 224 Å². The molecule has 1 aromatic carbocycles. The lowest BCUT2D eigenvalue weighted by atomic mass is 9.91. The lowest BCUT2D eigenvalue weighted by Crippen LogP contribution is -2.07. The van der Waals surface area contributed by atoms with Crippen molar-refractivity contribution in [2.45, 2.75) is 112 Å². The Morgan fingerprint density at radius 1 is 0.824 bits per heavy atom. The first-order chi connectivity index (χ1) is 16.0. The molecular formula is C30H51IO3. The van der Waals surface area contributed by atoms with Gasteiger partial charge in [-0.2, -0.15) is 0 Å². The molecule has 3 unspecified atom stereocenters. The maximum Gasteiger partial charge on any atom is 0.139 e. The standard InChI is InChI=1S/C30H51IO3/c1-20(2)13-10-14-21(3)15-11-16-22(4)17-12-18-23(5)19-26(32)27-24(6)29(33-8)25(7)28(31)30(27)34-9/h19-22,26,32H,10-18H2,1-9H3/b23-19+. The minimum atomic E-state index is -0.701. The summed E-state index contributed by atoms with van der Waals surface area (Å²) in [5.41, 5.74) is 4.04. The maximum atomic E-state index is 11.1. The number of hydrogen-bond acceptors (Lipinski definition) is 3. The summed E-state index contributed by atoms with van der Waals surface area (Å²) in [4.78, 5) is 0. The molecule has 0 aromatic heterocycles. The highest BCUT2D eigenvalue weighted by Crippen LogP contribution is 2.42. The Morgan fingerprint density at radius 2 is 1.32 bits per heavy atom. The third-order valence-electron chi connectivity index (χ3n) is 7.15. The van der Waals surface area contributed by atoms with Gasteiger partial charge in [0.05, 0.1) is 17.8 Å². The summed E-state index contributed by atoms with van der Waals surface area (Å²) >= 11 is 2.28. The van der Waals surface area contributed by atoms with Crippen LogP contribution in [0.2, 0.25) is 0 Å². The molecule has 3 nitrogen and oxygen atoms in total. The summed E-state index contributed by atoms with van der Waals surface area (Å²) in [5.74, 6) is 4.04. The SMILES string of the molecule is COc1c(C)c(I)c(OC)c(C(O)/C=C(\C)CCCC(C)CCCC(C)CCCC(C)C)c1C. The Morgan fingerprint density at radius 3 is 1.82 bits per heavy atom. The average Bonchev–Trinajstić information content (AvgIpc) is 2.76. The first-order valence-corrected chi connectivity index (χ1v) is 14.4. The van der Waals surface area contributed by atoms with Crippen molar-refractivity contribution in [2.24, 2.45) is 17.8 Å². The van der Waals surface area contributed by atoms with Crippen molar-refractivity contribution >= 4 is 22.6 Å². The van der Waals surface area contributed by atoms with Crippen molar-refractivity contribution in [3.05, 3.63) is 31.9 Å². The second kappa shape index (κ2) is 16.1. The van der Waals surface area contributed by atoms with Crippen LogP contribution in [-0.4, -0.2) is 19.3 Å². The minimum Gasteiger partial charge on any atom is -0.496 e. The summed E-state index contributed by atoms with van der Waals surface area (Å²) in [6.07, 6.45) is 12.9. The van der Waals surface area contributed by atoms with Crippen molar-refractivity contribution in [1.82, 2.24) is 0 Å². The summed E-state index contributed by atoms with van der Waals surface area (Å²) in [6.45, 7) is 15.6. The van der Waals surface area contributed by atoms with Crippen molar-refractivity contribution in [3.8, 4) is 11.5 Å². The fraction of sp³-hybridized carbons (Fsp3) is 0.733. The Hall–Kier alpha value is -0.750. The highest BCUT2D eigenvalue weighted by Gasteiger charge is 2.23. The number of rotatable bonds is 16. The van der Waals surface area contributed by atoms with E-state index in [2.05, 4.69) is 57.2 Å². The third kappa shape index (κ3) is 10.1. The fourth-order valence-corrected chi connectivity index (χ4v) is 5.72. The molecule has 1 rings (SSSR count). The fourth-order valence-electron chi connectivity index (χ4n) is 4.97. The molecule has 3 atom stereocenters. The van der Waals surface area contributed by atoms with Gasteiger partial charge >= 0.3 is 0 Å². The molecule has 0 bridgehead atoms. The summed E-state index contributed by atoms with van der Waals surface area (Å²) < 4.78 is 12.3. The number of ether oxygens (including phenoxy) is 2. The zero-order valence-electron chi connectivity index (χ0n) is 23.4. The van der Waals surface area contributed by atoms with Crippen LogP contribution in [0.3, 0.4) is 0 Å². The van der Waals surface area contributed by atoms with E-state index in [1.807, 2.05) is 19.9 Å². The largest absolute Gasteiger partial charge is 0.496 e. The van der Waals surface area contributed by atoms with Crippen molar-refractivity contribution < 1.29 is 14.6 Å². The van der Waals surface area contributed by atoms with Crippen molar-refractivity contribution in [1.29, 1.82) is 0 Å². The van der Waals surface area contributed by atoms with E-state index < -0.39 is 6.10 Å². The second-order valence-corrected chi connectivity index (χ2v) is 11.9. The Kier molecular flexibility index (Phi) is 14.8. The molecule has 196 valence electrons. The van der Waals surface area contributed by atoms with Crippen LogP contribution in [0, 0.1) is 35.2 Å². The predicted molar refractivity (Wildman–Crippen MR) is 155 cm³/mol. The molecule has 0 radical (unpaired) electrons. The molecule has 1 aromatic rings. The highest BCUT2D eigenvalue weighted by molar-refractivity contribution is 14.1. The van der Waals surface area contributed by atoms with Crippen molar-refractivity contribution in [2.75, 3.05) is 14.2 Å². The molecule has 0 heterocycles. The van der Waals surface area contributed by atoms with E-state index in [4.69, 9.17) is 9.47 Å². The van der Waals surface area contributed by atoms with Crippen molar-refractivity contribution in [3.63, 3.8) is 0 Å². The molecule has 0 aliphatic carbocycles. The van der Waals surface area contributed by atoms with Crippen LogP contribution in [0.1, 0.15) is 115 Å². The van der Waals surface area contributed by atoms with Crippen LogP contribution in [0.15, 0.2) is 11.6 Å². The third-order valence-corrected chi connectivity index (χ3v) is 8.44.